The molecule has 1 aromatic carbocycles. The zero-order valence-electron chi connectivity index (χ0n) is 13.8. The van der Waals surface area contributed by atoms with Gasteiger partial charge < -0.3 is 10.4 Å². The summed E-state index contributed by atoms with van der Waals surface area (Å²) < 4.78 is 1.79. The minimum absolute atomic E-state index is 0.143. The Hall–Kier alpha value is -2.89. The summed E-state index contributed by atoms with van der Waals surface area (Å²) in [6.45, 7) is 2.63. The first-order chi connectivity index (χ1) is 11.5. The predicted octanol–water partition coefficient (Wildman–Crippen LogP) is 2.91. The summed E-state index contributed by atoms with van der Waals surface area (Å²) in [6.07, 6.45) is 2.53. The molecule has 2 aromatic heterocycles. The molecule has 0 atom stereocenters. The van der Waals surface area contributed by atoms with Crippen LogP contribution in [0.1, 0.15) is 23.2 Å². The molecular weight excluding hydrogens is 304 g/mol. The topological polar surface area (TPSA) is 80.0 Å². The number of nitrogens with one attached hydrogen (secondary N) is 1. The molecule has 0 amide bonds. The Morgan fingerprint density at radius 1 is 1.29 bits per heavy atom. The van der Waals surface area contributed by atoms with Crippen molar-refractivity contribution in [2.75, 3.05) is 5.32 Å². The van der Waals surface area contributed by atoms with E-state index in [1.54, 1.807) is 4.68 Å². The van der Waals surface area contributed by atoms with Gasteiger partial charge in [0.05, 0.1) is 5.69 Å². The van der Waals surface area contributed by atoms with Gasteiger partial charge in [-0.25, -0.2) is 4.98 Å². The number of aromatic nitrogens is 3. The van der Waals surface area contributed by atoms with E-state index in [1.807, 2.05) is 44.4 Å². The molecule has 3 aromatic rings. The van der Waals surface area contributed by atoms with Crippen LogP contribution in [0.4, 0.5) is 5.69 Å². The van der Waals surface area contributed by atoms with Crippen LogP contribution in [0.3, 0.4) is 0 Å². The number of rotatable bonds is 6. The van der Waals surface area contributed by atoms with Crippen LogP contribution >= 0.6 is 0 Å². The first-order valence-electron chi connectivity index (χ1n) is 7.86. The smallest absolute Gasteiger partial charge is 0.303 e. The zero-order chi connectivity index (χ0) is 17.1. The molecule has 3 rings (SSSR count). The second-order valence-electron chi connectivity index (χ2n) is 5.87. The standard InChI is InChI=1S/C18H20N4O2/c1-12-16-9-14(11-20-18(16)22(2)21-12)10-19-15-5-3-4-13(8-15)6-7-17(23)24/h3-5,8-9,11,19H,6-7,10H2,1-2H3,(H,23,24). The number of carboxylic acid groups (broad SMARTS) is 1. The maximum atomic E-state index is 10.7. The zero-order valence-corrected chi connectivity index (χ0v) is 13.8. The normalized spacial score (nSPS) is 10.9. The van der Waals surface area contributed by atoms with E-state index in [2.05, 4.69) is 21.5 Å². The molecule has 0 spiro atoms. The second kappa shape index (κ2) is 6.70. The number of carbonyl (C=O) groups is 1. The molecule has 0 fully saturated rings. The first-order valence-corrected chi connectivity index (χ1v) is 7.86. The van der Waals surface area contributed by atoms with E-state index in [9.17, 15) is 4.79 Å². The molecule has 24 heavy (non-hydrogen) atoms. The maximum Gasteiger partial charge on any atom is 0.303 e. The molecule has 2 heterocycles. The molecule has 0 saturated carbocycles. The monoisotopic (exact) mass is 324 g/mol. The van der Waals surface area contributed by atoms with Crippen molar-refractivity contribution in [3.8, 4) is 0 Å². The molecule has 2 N–H and O–H groups in total. The molecule has 0 unspecified atom stereocenters. The lowest BCUT2D eigenvalue weighted by atomic mass is 10.1. The Kier molecular flexibility index (Phi) is 4.46. The van der Waals surface area contributed by atoms with E-state index >= 15 is 0 Å². The number of benzene rings is 1. The van der Waals surface area contributed by atoms with Gasteiger partial charge in [-0.15, -0.1) is 0 Å². The average molecular weight is 324 g/mol. The van der Waals surface area contributed by atoms with E-state index < -0.39 is 5.97 Å². The van der Waals surface area contributed by atoms with Gasteiger partial charge in [0.1, 0.15) is 0 Å². The largest absolute Gasteiger partial charge is 0.481 e. The summed E-state index contributed by atoms with van der Waals surface area (Å²) in [4.78, 5) is 15.2. The van der Waals surface area contributed by atoms with Crippen LogP contribution in [0.15, 0.2) is 36.5 Å². The van der Waals surface area contributed by atoms with Crippen LogP contribution in [0, 0.1) is 6.92 Å². The molecule has 0 bridgehead atoms. The molecule has 0 aliphatic rings. The lowest BCUT2D eigenvalue weighted by Gasteiger charge is -2.08. The third-order valence-corrected chi connectivity index (χ3v) is 3.97. The highest BCUT2D eigenvalue weighted by atomic mass is 16.4. The van der Waals surface area contributed by atoms with Crippen LogP contribution in [0.25, 0.3) is 11.0 Å². The molecule has 124 valence electrons. The molecule has 0 aliphatic heterocycles. The van der Waals surface area contributed by atoms with Gasteiger partial charge in [0, 0.05) is 37.3 Å². The number of nitrogens with zero attached hydrogens (tertiary/aromatic N) is 3. The summed E-state index contributed by atoms with van der Waals surface area (Å²) in [5.74, 6) is -0.778. The van der Waals surface area contributed by atoms with Gasteiger partial charge >= 0.3 is 5.97 Å². The fourth-order valence-corrected chi connectivity index (χ4v) is 2.74. The molecular formula is C18H20N4O2. The van der Waals surface area contributed by atoms with Gasteiger partial charge in [0.25, 0.3) is 0 Å². The lowest BCUT2D eigenvalue weighted by molar-refractivity contribution is -0.136. The van der Waals surface area contributed by atoms with E-state index in [1.165, 1.54) is 0 Å². The first kappa shape index (κ1) is 16.0. The summed E-state index contributed by atoms with van der Waals surface area (Å²) in [5, 5.41) is 17.6. The van der Waals surface area contributed by atoms with Crippen LogP contribution in [-0.2, 0) is 24.8 Å². The Labute approximate surface area is 140 Å². The van der Waals surface area contributed by atoms with E-state index in [0.29, 0.717) is 13.0 Å². The number of pyridine rings is 1. The number of hydrogen-bond donors (Lipinski definition) is 2. The molecule has 0 saturated heterocycles. The van der Waals surface area contributed by atoms with Crippen LogP contribution in [0.5, 0.6) is 0 Å². The van der Waals surface area contributed by atoms with Gasteiger partial charge in [-0.05, 0) is 42.7 Å². The highest BCUT2D eigenvalue weighted by Crippen LogP contribution is 2.18. The van der Waals surface area contributed by atoms with Crippen LogP contribution < -0.4 is 5.32 Å². The summed E-state index contributed by atoms with van der Waals surface area (Å²) in [5.41, 5.74) is 4.92. The quantitative estimate of drug-likeness (QED) is 0.729. The SMILES string of the molecule is Cc1nn(C)c2ncc(CNc3cccc(CCC(=O)O)c3)cc12. The number of aliphatic carboxylic acids is 1. The van der Waals surface area contributed by atoms with Gasteiger partial charge in [0.2, 0.25) is 0 Å². The van der Waals surface area contributed by atoms with Crippen molar-refractivity contribution in [3.05, 3.63) is 53.3 Å². The number of anilines is 1. The number of fused-ring (bicyclic) bond motifs is 1. The van der Waals surface area contributed by atoms with Gasteiger partial charge in [-0.3, -0.25) is 9.48 Å². The predicted molar refractivity (Wildman–Crippen MR) is 93.0 cm³/mol. The Balaban J connectivity index is 1.70. The molecule has 6 nitrogen and oxygen atoms in total. The number of hydrogen-bond acceptors (Lipinski definition) is 4. The Bertz CT molecular complexity index is 886. The third kappa shape index (κ3) is 3.53. The fourth-order valence-electron chi connectivity index (χ4n) is 2.74. The average Bonchev–Trinajstić information content (AvgIpc) is 2.85. The Morgan fingerprint density at radius 3 is 2.92 bits per heavy atom. The highest BCUT2D eigenvalue weighted by molar-refractivity contribution is 5.78. The van der Waals surface area contributed by atoms with E-state index in [4.69, 9.17) is 5.11 Å². The summed E-state index contributed by atoms with van der Waals surface area (Å²) in [6, 6.07) is 9.95. The van der Waals surface area contributed by atoms with Crippen molar-refractivity contribution in [1.82, 2.24) is 14.8 Å². The van der Waals surface area contributed by atoms with Crippen molar-refractivity contribution in [2.24, 2.45) is 7.05 Å². The highest BCUT2D eigenvalue weighted by Gasteiger charge is 2.07. The summed E-state index contributed by atoms with van der Waals surface area (Å²) >= 11 is 0. The van der Waals surface area contributed by atoms with Gasteiger partial charge in [-0.2, -0.15) is 5.10 Å². The molecule has 0 aliphatic carbocycles. The van der Waals surface area contributed by atoms with Crippen molar-refractivity contribution in [3.63, 3.8) is 0 Å². The van der Waals surface area contributed by atoms with Crippen molar-refractivity contribution in [2.45, 2.75) is 26.3 Å². The number of aryl methyl sites for hydroxylation is 3. The van der Waals surface area contributed by atoms with Gasteiger partial charge in [0.15, 0.2) is 5.65 Å². The maximum absolute atomic E-state index is 10.7. The summed E-state index contributed by atoms with van der Waals surface area (Å²) in [7, 11) is 1.89. The molecule has 6 heteroatoms. The second-order valence-corrected chi connectivity index (χ2v) is 5.87. The third-order valence-electron chi connectivity index (χ3n) is 3.97. The van der Waals surface area contributed by atoms with Crippen LogP contribution in [-0.4, -0.2) is 25.8 Å². The number of carboxylic acids is 1. The van der Waals surface area contributed by atoms with Crippen molar-refractivity contribution < 1.29 is 9.90 Å². The minimum Gasteiger partial charge on any atom is -0.481 e. The molecule has 0 radical (unpaired) electrons. The Morgan fingerprint density at radius 2 is 2.12 bits per heavy atom. The van der Waals surface area contributed by atoms with Crippen molar-refractivity contribution in [1.29, 1.82) is 0 Å². The van der Waals surface area contributed by atoms with E-state index in [0.717, 1.165) is 33.5 Å². The van der Waals surface area contributed by atoms with Crippen molar-refractivity contribution >= 4 is 22.7 Å². The lowest BCUT2D eigenvalue weighted by Crippen LogP contribution is -2.02. The minimum atomic E-state index is -0.778. The van der Waals surface area contributed by atoms with E-state index in [-0.39, 0.29) is 6.42 Å². The van der Waals surface area contributed by atoms with Crippen LogP contribution in [0.2, 0.25) is 0 Å². The van der Waals surface area contributed by atoms with Gasteiger partial charge in [-0.1, -0.05) is 12.1 Å². The fraction of sp³-hybridized carbons (Fsp3) is 0.278.